The summed E-state index contributed by atoms with van der Waals surface area (Å²) in [6.45, 7) is 3.02. The van der Waals surface area contributed by atoms with Crippen molar-refractivity contribution < 1.29 is 12.9 Å². The molecule has 0 aromatic carbocycles. The summed E-state index contributed by atoms with van der Waals surface area (Å²) in [5, 5.41) is 3.97. The van der Waals surface area contributed by atoms with E-state index < -0.39 is 10.0 Å². The van der Waals surface area contributed by atoms with Crippen LogP contribution in [0.3, 0.4) is 0 Å². The average Bonchev–Trinajstić information content (AvgIpc) is 2.85. The number of hydrogen-bond acceptors (Lipinski definition) is 7. The molecule has 0 saturated carbocycles. The summed E-state index contributed by atoms with van der Waals surface area (Å²) in [5.74, 6) is 1.04. The van der Waals surface area contributed by atoms with Gasteiger partial charge in [0, 0.05) is 37.6 Å². The van der Waals surface area contributed by atoms with Gasteiger partial charge < -0.3 is 4.52 Å². The molecule has 0 unspecified atom stereocenters. The highest BCUT2D eigenvalue weighted by molar-refractivity contribution is 7.88. The predicted molar refractivity (Wildman–Crippen MR) is 83.8 cm³/mol. The van der Waals surface area contributed by atoms with Gasteiger partial charge in [0.1, 0.15) is 0 Å². The summed E-state index contributed by atoms with van der Waals surface area (Å²) < 4.78 is 30.1. The molecule has 2 aromatic rings. The van der Waals surface area contributed by atoms with Crippen molar-refractivity contribution in [2.75, 3.05) is 32.4 Å². The van der Waals surface area contributed by atoms with Crippen LogP contribution in [0.5, 0.6) is 0 Å². The van der Waals surface area contributed by atoms with E-state index in [0.29, 0.717) is 37.9 Å². The molecule has 1 aliphatic rings. The van der Waals surface area contributed by atoms with Gasteiger partial charge in [-0.2, -0.15) is 4.98 Å². The van der Waals surface area contributed by atoms with Crippen molar-refractivity contribution in [2.45, 2.75) is 13.0 Å². The summed E-state index contributed by atoms with van der Waals surface area (Å²) in [5.41, 5.74) is 0.807. The maximum Gasteiger partial charge on any atom is 0.241 e. The molecule has 0 atom stereocenters. The van der Waals surface area contributed by atoms with Crippen molar-refractivity contribution >= 4 is 10.0 Å². The molecule has 1 fully saturated rings. The van der Waals surface area contributed by atoms with Crippen LogP contribution in [0.2, 0.25) is 0 Å². The summed E-state index contributed by atoms with van der Waals surface area (Å²) in [6, 6.07) is 3.69. The molecule has 3 rings (SSSR count). The Balaban J connectivity index is 1.63. The van der Waals surface area contributed by atoms with E-state index in [9.17, 15) is 8.42 Å². The zero-order valence-electron chi connectivity index (χ0n) is 12.9. The van der Waals surface area contributed by atoms with E-state index >= 15 is 0 Å². The van der Waals surface area contributed by atoms with Gasteiger partial charge in [-0.3, -0.25) is 9.88 Å². The molecule has 3 heterocycles. The van der Waals surface area contributed by atoms with E-state index in [2.05, 4.69) is 20.0 Å². The Morgan fingerprint density at radius 2 is 2.13 bits per heavy atom. The van der Waals surface area contributed by atoms with E-state index in [1.807, 2.05) is 12.1 Å². The normalized spacial score (nSPS) is 18.0. The summed E-state index contributed by atoms with van der Waals surface area (Å²) in [6.07, 6.45) is 5.41. The molecule has 23 heavy (non-hydrogen) atoms. The van der Waals surface area contributed by atoms with Crippen LogP contribution >= 0.6 is 0 Å². The van der Waals surface area contributed by atoms with Gasteiger partial charge in [-0.1, -0.05) is 5.16 Å². The van der Waals surface area contributed by atoms with Gasteiger partial charge in [0.15, 0.2) is 0 Å². The summed E-state index contributed by atoms with van der Waals surface area (Å²) in [7, 11) is -3.13. The Kier molecular flexibility index (Phi) is 4.69. The van der Waals surface area contributed by atoms with E-state index in [1.165, 1.54) is 10.6 Å². The molecule has 0 aliphatic carbocycles. The van der Waals surface area contributed by atoms with Crippen LogP contribution in [0.1, 0.15) is 12.3 Å². The van der Waals surface area contributed by atoms with Gasteiger partial charge in [-0.05, 0) is 25.1 Å². The van der Waals surface area contributed by atoms with Crippen LogP contribution in [0.4, 0.5) is 0 Å². The number of sulfonamides is 1. The lowest BCUT2D eigenvalue weighted by molar-refractivity contribution is 0.236. The van der Waals surface area contributed by atoms with Crippen LogP contribution in [-0.2, 0) is 16.6 Å². The second-order valence-corrected chi connectivity index (χ2v) is 7.53. The molecular weight excluding hydrogens is 318 g/mol. The Bertz CT molecular complexity index is 747. The molecule has 9 heteroatoms. The molecule has 0 radical (unpaired) electrons. The number of pyridine rings is 1. The van der Waals surface area contributed by atoms with Crippen LogP contribution in [-0.4, -0.2) is 65.2 Å². The summed E-state index contributed by atoms with van der Waals surface area (Å²) in [4.78, 5) is 10.5. The van der Waals surface area contributed by atoms with Crippen LogP contribution in [0, 0.1) is 0 Å². The number of nitrogens with zero attached hydrogens (tertiary/aromatic N) is 5. The maximum atomic E-state index is 11.6. The van der Waals surface area contributed by atoms with E-state index in [4.69, 9.17) is 4.52 Å². The minimum absolute atomic E-state index is 0.489. The molecule has 0 spiro atoms. The first-order valence-electron chi connectivity index (χ1n) is 7.43. The minimum Gasteiger partial charge on any atom is -0.338 e. The summed E-state index contributed by atoms with van der Waals surface area (Å²) >= 11 is 0. The minimum atomic E-state index is -3.13. The van der Waals surface area contributed by atoms with Crippen molar-refractivity contribution in [1.82, 2.24) is 24.3 Å². The molecule has 2 aromatic heterocycles. The van der Waals surface area contributed by atoms with Crippen molar-refractivity contribution in [3.8, 4) is 11.4 Å². The molecule has 124 valence electrons. The van der Waals surface area contributed by atoms with Gasteiger partial charge in [0.25, 0.3) is 0 Å². The fourth-order valence-electron chi connectivity index (χ4n) is 2.56. The Morgan fingerprint density at radius 3 is 2.87 bits per heavy atom. The Morgan fingerprint density at radius 1 is 1.26 bits per heavy atom. The van der Waals surface area contributed by atoms with Gasteiger partial charge in [-0.25, -0.2) is 12.7 Å². The van der Waals surface area contributed by atoms with Crippen molar-refractivity contribution in [2.24, 2.45) is 0 Å². The van der Waals surface area contributed by atoms with Crippen LogP contribution < -0.4 is 0 Å². The number of aromatic nitrogens is 3. The monoisotopic (exact) mass is 337 g/mol. The van der Waals surface area contributed by atoms with Crippen LogP contribution in [0.15, 0.2) is 29.0 Å². The zero-order chi connectivity index (χ0) is 16.3. The SMILES string of the molecule is CS(=O)(=O)N1CCCN(Cc2nc(-c3cccnc3)no2)CC1. The molecule has 8 nitrogen and oxygen atoms in total. The van der Waals surface area contributed by atoms with Gasteiger partial charge in [0.05, 0.1) is 12.8 Å². The standard InChI is InChI=1S/C14H19N5O3S/c1-23(20,21)19-7-3-6-18(8-9-19)11-13-16-14(17-22-13)12-4-2-5-15-10-12/h2,4-5,10H,3,6-9,11H2,1H3. The van der Waals surface area contributed by atoms with Crippen molar-refractivity contribution in [1.29, 1.82) is 0 Å². The van der Waals surface area contributed by atoms with Gasteiger partial charge in [-0.15, -0.1) is 0 Å². The highest BCUT2D eigenvalue weighted by atomic mass is 32.2. The molecule has 1 aliphatic heterocycles. The smallest absolute Gasteiger partial charge is 0.241 e. The quantitative estimate of drug-likeness (QED) is 0.806. The van der Waals surface area contributed by atoms with E-state index in [0.717, 1.165) is 18.5 Å². The predicted octanol–water partition coefficient (Wildman–Crippen LogP) is 0.599. The molecule has 0 N–H and O–H groups in total. The lowest BCUT2D eigenvalue weighted by atomic mass is 10.3. The zero-order valence-corrected chi connectivity index (χ0v) is 13.7. The van der Waals surface area contributed by atoms with Crippen LogP contribution in [0.25, 0.3) is 11.4 Å². The molecular formula is C14H19N5O3S. The highest BCUT2D eigenvalue weighted by Gasteiger charge is 2.22. The first-order chi connectivity index (χ1) is 11.0. The third kappa shape index (κ3) is 4.12. The average molecular weight is 337 g/mol. The Labute approximate surface area is 135 Å². The first kappa shape index (κ1) is 16.0. The van der Waals surface area contributed by atoms with Crippen molar-refractivity contribution in [3.05, 3.63) is 30.4 Å². The molecule has 1 saturated heterocycles. The third-order valence-electron chi connectivity index (χ3n) is 3.76. The number of hydrogen-bond donors (Lipinski definition) is 0. The second-order valence-electron chi connectivity index (χ2n) is 5.55. The van der Waals surface area contributed by atoms with E-state index in [1.54, 1.807) is 12.4 Å². The lowest BCUT2D eigenvalue weighted by Crippen LogP contribution is -2.34. The van der Waals surface area contributed by atoms with Crippen molar-refractivity contribution in [3.63, 3.8) is 0 Å². The Hall–Kier alpha value is -1.84. The topological polar surface area (TPSA) is 92.4 Å². The fourth-order valence-corrected chi connectivity index (χ4v) is 3.43. The van der Waals surface area contributed by atoms with E-state index in [-0.39, 0.29) is 0 Å². The molecule has 0 bridgehead atoms. The molecule has 0 amide bonds. The maximum absolute atomic E-state index is 11.6. The second kappa shape index (κ2) is 6.73. The number of rotatable bonds is 4. The lowest BCUT2D eigenvalue weighted by Gasteiger charge is -2.18. The van der Waals surface area contributed by atoms with Gasteiger partial charge in [0.2, 0.25) is 21.7 Å². The van der Waals surface area contributed by atoms with Gasteiger partial charge >= 0.3 is 0 Å². The first-order valence-corrected chi connectivity index (χ1v) is 9.28. The largest absolute Gasteiger partial charge is 0.338 e. The third-order valence-corrected chi connectivity index (χ3v) is 5.07. The fraction of sp³-hybridized carbons (Fsp3) is 0.500. The highest BCUT2D eigenvalue weighted by Crippen LogP contribution is 2.15.